The van der Waals surface area contributed by atoms with Crippen LogP contribution in [0.15, 0.2) is 18.3 Å². The van der Waals surface area contributed by atoms with E-state index in [1.54, 1.807) is 64.8 Å². The molecule has 1 rings (SSSR count). The molecule has 0 fully saturated rings. The maximum absolute atomic E-state index is 12.2. The summed E-state index contributed by atoms with van der Waals surface area (Å²) in [5.41, 5.74) is -0.134. The molecule has 0 amide bonds. The van der Waals surface area contributed by atoms with E-state index in [2.05, 4.69) is 4.98 Å². The smallest absolute Gasteiger partial charge is 0.320 e. The van der Waals surface area contributed by atoms with Crippen molar-refractivity contribution in [2.45, 2.75) is 59.3 Å². The molecular weight excluding hydrogens is 334 g/mol. The van der Waals surface area contributed by atoms with Gasteiger partial charge in [0.2, 0.25) is 0 Å². The number of rotatable bonds is 6. The van der Waals surface area contributed by atoms with E-state index >= 15 is 0 Å². The maximum atomic E-state index is 12.2. The Morgan fingerprint density at radius 1 is 1.04 bits per heavy atom. The minimum Gasteiger partial charge on any atom is -0.459 e. The molecule has 0 aromatic carbocycles. The number of aromatic nitrogens is 1. The number of carbonyl (C=O) groups excluding carboxylic acids is 2. The van der Waals surface area contributed by atoms with Crippen LogP contribution < -0.4 is 0 Å². The summed E-state index contributed by atoms with van der Waals surface area (Å²) >= 11 is 0. The van der Waals surface area contributed by atoms with Gasteiger partial charge in [0.15, 0.2) is 0 Å². The molecule has 0 atom stereocenters. The van der Waals surface area contributed by atoms with Gasteiger partial charge in [0, 0.05) is 12.7 Å². The molecule has 0 saturated heterocycles. The largest absolute Gasteiger partial charge is 0.459 e. The average Bonchev–Trinajstić information content (AvgIpc) is 2.43. The highest BCUT2D eigenvalue weighted by molar-refractivity contribution is 5.75. The van der Waals surface area contributed by atoms with Crippen LogP contribution >= 0.6 is 0 Å². The van der Waals surface area contributed by atoms with Crippen LogP contribution in [-0.2, 0) is 25.6 Å². The second-order valence-electron chi connectivity index (χ2n) is 7.98. The Labute approximate surface area is 154 Å². The van der Waals surface area contributed by atoms with Gasteiger partial charge < -0.3 is 9.47 Å². The van der Waals surface area contributed by atoms with Crippen molar-refractivity contribution in [3.8, 4) is 6.07 Å². The molecule has 26 heavy (non-hydrogen) atoms. The zero-order valence-electron chi connectivity index (χ0n) is 16.3. The number of carbonyl (C=O) groups is 2. The van der Waals surface area contributed by atoms with Crippen LogP contribution in [0.1, 0.15) is 52.8 Å². The Kier molecular flexibility index (Phi) is 7.28. The van der Waals surface area contributed by atoms with E-state index in [0.29, 0.717) is 12.2 Å². The lowest BCUT2D eigenvalue weighted by Gasteiger charge is -2.26. The van der Waals surface area contributed by atoms with Gasteiger partial charge in [-0.05, 0) is 53.2 Å². The molecule has 0 unspecified atom stereocenters. The number of pyridine rings is 1. The lowest BCUT2D eigenvalue weighted by atomic mass is 10.2. The summed E-state index contributed by atoms with van der Waals surface area (Å²) in [5.74, 6) is -0.856. The Hall–Kier alpha value is -2.46. The Morgan fingerprint density at radius 3 is 1.88 bits per heavy atom. The van der Waals surface area contributed by atoms with Gasteiger partial charge in [-0.15, -0.1) is 0 Å². The molecule has 0 aliphatic heterocycles. The summed E-state index contributed by atoms with van der Waals surface area (Å²) in [5, 5.41) is 8.82. The van der Waals surface area contributed by atoms with Crippen LogP contribution in [0.3, 0.4) is 0 Å². The number of nitriles is 1. The molecule has 1 aromatic rings. The highest BCUT2D eigenvalue weighted by Gasteiger charge is 2.23. The van der Waals surface area contributed by atoms with E-state index in [9.17, 15) is 9.59 Å². The molecule has 1 aromatic heterocycles. The Bertz CT molecular complexity index is 634. The third-order valence-corrected chi connectivity index (χ3v) is 2.89. The molecule has 0 saturated carbocycles. The van der Waals surface area contributed by atoms with Gasteiger partial charge >= 0.3 is 11.9 Å². The Balaban J connectivity index is 2.84. The molecule has 0 spiro atoms. The fourth-order valence-electron chi connectivity index (χ4n) is 2.12. The molecule has 142 valence electrons. The first-order chi connectivity index (χ1) is 11.9. The van der Waals surface area contributed by atoms with E-state index in [1.807, 2.05) is 6.07 Å². The lowest BCUT2D eigenvalue weighted by molar-refractivity contribution is -0.160. The maximum Gasteiger partial charge on any atom is 0.320 e. The minimum atomic E-state index is -0.606. The third kappa shape index (κ3) is 9.14. The molecule has 0 bridgehead atoms. The molecular formula is C19H27N3O4. The van der Waals surface area contributed by atoms with Crippen LogP contribution in [-0.4, -0.2) is 46.1 Å². The summed E-state index contributed by atoms with van der Waals surface area (Å²) in [4.78, 5) is 29.9. The van der Waals surface area contributed by atoms with E-state index in [4.69, 9.17) is 14.7 Å². The number of hydrogen-bond acceptors (Lipinski definition) is 7. The summed E-state index contributed by atoms with van der Waals surface area (Å²) < 4.78 is 10.7. The normalized spacial score (nSPS) is 11.8. The van der Waals surface area contributed by atoms with E-state index in [0.717, 1.165) is 5.56 Å². The van der Waals surface area contributed by atoms with Gasteiger partial charge in [-0.25, -0.2) is 4.98 Å². The van der Waals surface area contributed by atoms with Gasteiger partial charge in [-0.2, -0.15) is 5.26 Å². The number of hydrogen-bond donors (Lipinski definition) is 0. The second kappa shape index (κ2) is 8.77. The molecule has 7 heteroatoms. The van der Waals surface area contributed by atoms with Crippen LogP contribution in [0.2, 0.25) is 0 Å². The molecule has 1 heterocycles. The zero-order valence-corrected chi connectivity index (χ0v) is 16.3. The fraction of sp³-hybridized carbons (Fsp3) is 0.579. The topological polar surface area (TPSA) is 92.5 Å². The first-order valence-corrected chi connectivity index (χ1v) is 8.39. The van der Waals surface area contributed by atoms with Gasteiger partial charge in [-0.1, -0.05) is 6.07 Å². The predicted molar refractivity (Wildman–Crippen MR) is 95.9 cm³/mol. The van der Waals surface area contributed by atoms with Crippen LogP contribution in [0.5, 0.6) is 0 Å². The van der Waals surface area contributed by atoms with Crippen molar-refractivity contribution >= 4 is 11.9 Å². The van der Waals surface area contributed by atoms with Crippen molar-refractivity contribution in [2.75, 3.05) is 13.1 Å². The van der Waals surface area contributed by atoms with Crippen molar-refractivity contribution in [1.29, 1.82) is 5.26 Å². The number of nitrogens with zero attached hydrogens (tertiary/aromatic N) is 3. The second-order valence-corrected chi connectivity index (χ2v) is 7.98. The summed E-state index contributed by atoms with van der Waals surface area (Å²) in [6, 6.07) is 5.28. The van der Waals surface area contributed by atoms with Crippen molar-refractivity contribution in [3.63, 3.8) is 0 Å². The highest BCUT2D eigenvalue weighted by atomic mass is 16.6. The van der Waals surface area contributed by atoms with Gasteiger partial charge in [0.25, 0.3) is 0 Å². The van der Waals surface area contributed by atoms with Crippen molar-refractivity contribution < 1.29 is 19.1 Å². The molecule has 0 aliphatic rings. The van der Waals surface area contributed by atoms with Crippen LogP contribution in [0, 0.1) is 11.3 Å². The first kappa shape index (κ1) is 21.6. The van der Waals surface area contributed by atoms with Crippen molar-refractivity contribution in [2.24, 2.45) is 0 Å². The summed E-state index contributed by atoms with van der Waals surface area (Å²) in [6.07, 6.45) is 1.55. The van der Waals surface area contributed by atoms with Gasteiger partial charge in [0.1, 0.15) is 23.0 Å². The molecule has 0 N–H and O–H groups in total. The fourth-order valence-corrected chi connectivity index (χ4v) is 2.12. The first-order valence-electron chi connectivity index (χ1n) is 8.39. The minimum absolute atomic E-state index is 0.0590. The monoisotopic (exact) mass is 361 g/mol. The predicted octanol–water partition coefficient (Wildman–Crippen LogP) is 2.44. The van der Waals surface area contributed by atoms with Crippen molar-refractivity contribution in [1.82, 2.24) is 9.88 Å². The van der Waals surface area contributed by atoms with Crippen LogP contribution in [0.25, 0.3) is 0 Å². The molecule has 0 aliphatic carbocycles. The van der Waals surface area contributed by atoms with E-state index in [-0.39, 0.29) is 13.1 Å². The molecule has 7 nitrogen and oxygen atoms in total. The summed E-state index contributed by atoms with van der Waals surface area (Å²) in [6.45, 7) is 10.9. The van der Waals surface area contributed by atoms with Crippen molar-refractivity contribution in [3.05, 3.63) is 29.6 Å². The number of ether oxygens (including phenoxy) is 2. The quantitative estimate of drug-likeness (QED) is 0.718. The highest BCUT2D eigenvalue weighted by Crippen LogP contribution is 2.12. The number of esters is 2. The Morgan fingerprint density at radius 2 is 1.54 bits per heavy atom. The van der Waals surface area contributed by atoms with E-state index < -0.39 is 23.1 Å². The standard InChI is InChI=1S/C19H27N3O4/c1-18(2,3)25-16(23)12-22(13-17(24)26-19(4,5)6)11-14-7-8-15(9-20)21-10-14/h7-8,10H,11-13H2,1-6H3. The van der Waals surface area contributed by atoms with Crippen LogP contribution in [0.4, 0.5) is 0 Å². The third-order valence-electron chi connectivity index (χ3n) is 2.89. The lowest BCUT2D eigenvalue weighted by Crippen LogP contribution is -2.39. The van der Waals surface area contributed by atoms with Gasteiger partial charge in [0.05, 0.1) is 13.1 Å². The van der Waals surface area contributed by atoms with Gasteiger partial charge in [-0.3, -0.25) is 14.5 Å². The average molecular weight is 361 g/mol. The zero-order chi connectivity index (χ0) is 20.0. The SMILES string of the molecule is CC(C)(C)OC(=O)CN(CC(=O)OC(C)(C)C)Cc1ccc(C#N)nc1. The summed E-state index contributed by atoms with van der Waals surface area (Å²) in [7, 11) is 0. The molecule has 0 radical (unpaired) electrons. The van der Waals surface area contributed by atoms with E-state index in [1.165, 1.54) is 0 Å².